The zero-order valence-electron chi connectivity index (χ0n) is 19.6. The summed E-state index contributed by atoms with van der Waals surface area (Å²) in [6.07, 6.45) is 5.62. The van der Waals surface area contributed by atoms with Gasteiger partial charge in [-0.2, -0.15) is 5.10 Å². The number of likely N-dealkylation sites (tertiary alicyclic amines) is 1. The number of rotatable bonds is 6. The third-order valence-corrected chi connectivity index (χ3v) is 7.90. The smallest absolute Gasteiger partial charge is 0.261 e. The fraction of sp³-hybridized carbons (Fsp3) is 0.440. The molecule has 1 aromatic carbocycles. The number of benzene rings is 1. The van der Waals surface area contributed by atoms with Crippen LogP contribution in [0.2, 0.25) is 0 Å². The minimum atomic E-state index is -0.0450. The molecule has 0 aliphatic carbocycles. The van der Waals surface area contributed by atoms with Crippen LogP contribution >= 0.6 is 11.3 Å². The summed E-state index contributed by atoms with van der Waals surface area (Å²) in [5.74, 6) is 1.46. The number of carbonyl (C=O) groups is 1. The summed E-state index contributed by atoms with van der Waals surface area (Å²) in [5, 5.41) is 11.3. The first kappa shape index (κ1) is 22.4. The second-order valence-corrected chi connectivity index (χ2v) is 10.1. The summed E-state index contributed by atoms with van der Waals surface area (Å²) in [6.45, 7) is 6.65. The molecule has 2 N–H and O–H groups in total. The van der Waals surface area contributed by atoms with Gasteiger partial charge in [0.25, 0.3) is 5.91 Å². The van der Waals surface area contributed by atoms with Gasteiger partial charge >= 0.3 is 0 Å². The lowest BCUT2D eigenvalue weighted by molar-refractivity contribution is 0.0950. The number of fused-ring (bicyclic) bond motifs is 2. The molecular weight excluding hydrogens is 462 g/mol. The van der Waals surface area contributed by atoms with E-state index in [2.05, 4.69) is 25.3 Å². The summed E-state index contributed by atoms with van der Waals surface area (Å²) >= 11 is 1.47. The summed E-state index contributed by atoms with van der Waals surface area (Å²) in [6, 6.07) is 7.89. The Kier molecular flexibility index (Phi) is 6.32. The summed E-state index contributed by atoms with van der Waals surface area (Å²) in [4.78, 5) is 28.3. The van der Waals surface area contributed by atoms with Gasteiger partial charge in [-0.3, -0.25) is 9.89 Å². The molecule has 2 fully saturated rings. The lowest BCUT2D eigenvalue weighted by atomic mass is 10.1. The largest absolute Gasteiger partial charge is 0.378 e. The van der Waals surface area contributed by atoms with Gasteiger partial charge < -0.3 is 19.9 Å². The van der Waals surface area contributed by atoms with E-state index in [9.17, 15) is 4.79 Å². The van der Waals surface area contributed by atoms with Crippen LogP contribution in [0.4, 0.5) is 5.82 Å². The molecule has 5 heterocycles. The number of nitrogens with one attached hydrogen (secondary N) is 2. The topological polar surface area (TPSA) is 99.3 Å². The van der Waals surface area contributed by atoms with E-state index in [4.69, 9.17) is 14.7 Å². The van der Waals surface area contributed by atoms with Gasteiger partial charge in [-0.15, -0.1) is 11.3 Å². The highest BCUT2D eigenvalue weighted by Gasteiger charge is 2.22. The molecule has 0 unspecified atom stereocenters. The van der Waals surface area contributed by atoms with Crippen molar-refractivity contribution in [2.45, 2.75) is 19.3 Å². The van der Waals surface area contributed by atoms with Crippen molar-refractivity contribution in [1.29, 1.82) is 0 Å². The van der Waals surface area contributed by atoms with Crippen molar-refractivity contribution in [3.63, 3.8) is 0 Å². The standard InChI is InChI=1S/C25H29N7O2S/c33-25(26-7-10-31-8-2-1-3-9-31)21-15-20-22(35-21)24(32-11-13-34-14-12-32)29-23(28-20)17-5-4-6-19-18(17)16-27-30-19/h4-6,15-16H,1-3,7-14H2,(H,26,33)(H,27,30). The van der Waals surface area contributed by atoms with E-state index in [-0.39, 0.29) is 5.91 Å². The normalized spacial score (nSPS) is 17.3. The molecule has 35 heavy (non-hydrogen) atoms. The van der Waals surface area contributed by atoms with Crippen LogP contribution in [0.15, 0.2) is 30.5 Å². The Balaban J connectivity index is 1.32. The number of aromatic amines is 1. The first-order valence-electron chi connectivity index (χ1n) is 12.3. The van der Waals surface area contributed by atoms with Gasteiger partial charge in [0.15, 0.2) is 11.6 Å². The average Bonchev–Trinajstić information content (AvgIpc) is 3.56. The maximum atomic E-state index is 13.0. The van der Waals surface area contributed by atoms with Crippen LogP contribution in [0.5, 0.6) is 0 Å². The minimum absolute atomic E-state index is 0.0450. The molecule has 1 amide bonds. The number of aromatic nitrogens is 4. The molecule has 0 atom stereocenters. The molecule has 2 saturated heterocycles. The fourth-order valence-corrected chi connectivity index (χ4v) is 5.93. The zero-order chi connectivity index (χ0) is 23.6. The predicted octanol–water partition coefficient (Wildman–Crippen LogP) is 3.29. The van der Waals surface area contributed by atoms with Crippen LogP contribution in [0.3, 0.4) is 0 Å². The number of thiophene rings is 1. The third-order valence-electron chi connectivity index (χ3n) is 6.78. The molecular formula is C25H29N7O2S. The van der Waals surface area contributed by atoms with Crippen molar-refractivity contribution in [3.8, 4) is 11.4 Å². The van der Waals surface area contributed by atoms with Gasteiger partial charge in [0.05, 0.1) is 40.0 Å². The maximum Gasteiger partial charge on any atom is 0.261 e. The van der Waals surface area contributed by atoms with Gasteiger partial charge in [0.2, 0.25) is 0 Å². The van der Waals surface area contributed by atoms with Gasteiger partial charge in [0.1, 0.15) is 0 Å². The Hall–Kier alpha value is -3.08. The highest BCUT2D eigenvalue weighted by molar-refractivity contribution is 7.21. The van der Waals surface area contributed by atoms with E-state index in [0.717, 1.165) is 65.2 Å². The van der Waals surface area contributed by atoms with E-state index < -0.39 is 0 Å². The second kappa shape index (κ2) is 9.88. The average molecular weight is 492 g/mol. The molecule has 0 saturated carbocycles. The number of piperidine rings is 1. The van der Waals surface area contributed by atoms with Crippen LogP contribution in [-0.4, -0.2) is 83.5 Å². The Labute approximate surface area is 207 Å². The Morgan fingerprint density at radius 3 is 2.83 bits per heavy atom. The number of morpholine rings is 1. The molecule has 10 heteroatoms. The van der Waals surface area contributed by atoms with Crippen LogP contribution in [-0.2, 0) is 4.74 Å². The van der Waals surface area contributed by atoms with Gasteiger partial charge in [-0.25, -0.2) is 9.97 Å². The van der Waals surface area contributed by atoms with E-state index in [1.54, 1.807) is 0 Å². The predicted molar refractivity (Wildman–Crippen MR) is 138 cm³/mol. The van der Waals surface area contributed by atoms with Crippen molar-refractivity contribution >= 4 is 44.2 Å². The number of anilines is 1. The van der Waals surface area contributed by atoms with Crippen molar-refractivity contribution in [2.75, 3.05) is 57.4 Å². The number of ether oxygens (including phenoxy) is 1. The van der Waals surface area contributed by atoms with Gasteiger partial charge in [-0.1, -0.05) is 18.6 Å². The SMILES string of the molecule is O=C(NCCN1CCCCC1)c1cc2nc(-c3cccc4[nH]ncc34)nc(N3CCOCC3)c2s1. The molecule has 2 aliphatic heterocycles. The third kappa shape index (κ3) is 4.61. The lowest BCUT2D eigenvalue weighted by Gasteiger charge is -2.28. The van der Waals surface area contributed by atoms with Crippen molar-refractivity contribution in [3.05, 3.63) is 35.3 Å². The monoisotopic (exact) mass is 491 g/mol. The molecule has 0 spiro atoms. The molecule has 6 rings (SSSR count). The van der Waals surface area contributed by atoms with Gasteiger partial charge in [-0.05, 0) is 38.1 Å². The van der Waals surface area contributed by atoms with E-state index in [1.807, 2.05) is 30.5 Å². The van der Waals surface area contributed by atoms with E-state index in [1.165, 1.54) is 30.6 Å². The maximum absolute atomic E-state index is 13.0. The highest BCUT2D eigenvalue weighted by atomic mass is 32.1. The van der Waals surface area contributed by atoms with Crippen LogP contribution < -0.4 is 10.2 Å². The number of carbonyl (C=O) groups excluding carboxylic acids is 1. The number of H-pyrrole nitrogens is 1. The quantitative estimate of drug-likeness (QED) is 0.427. The first-order valence-corrected chi connectivity index (χ1v) is 13.2. The molecule has 0 radical (unpaired) electrons. The van der Waals surface area contributed by atoms with Crippen LogP contribution in [0.1, 0.15) is 28.9 Å². The van der Waals surface area contributed by atoms with Crippen molar-refractivity contribution in [2.24, 2.45) is 0 Å². The number of hydrogen-bond acceptors (Lipinski definition) is 8. The summed E-state index contributed by atoms with van der Waals surface area (Å²) < 4.78 is 6.51. The highest BCUT2D eigenvalue weighted by Crippen LogP contribution is 2.35. The fourth-order valence-electron chi connectivity index (χ4n) is 4.90. The van der Waals surface area contributed by atoms with E-state index in [0.29, 0.717) is 30.5 Å². The van der Waals surface area contributed by atoms with Crippen molar-refractivity contribution < 1.29 is 9.53 Å². The van der Waals surface area contributed by atoms with Gasteiger partial charge in [0, 0.05) is 37.1 Å². The lowest BCUT2D eigenvalue weighted by Crippen LogP contribution is -2.37. The summed E-state index contributed by atoms with van der Waals surface area (Å²) in [7, 11) is 0. The Morgan fingerprint density at radius 2 is 1.97 bits per heavy atom. The van der Waals surface area contributed by atoms with Crippen molar-refractivity contribution in [1.82, 2.24) is 30.4 Å². The van der Waals surface area contributed by atoms with Crippen LogP contribution in [0.25, 0.3) is 32.5 Å². The molecule has 2 aliphatic rings. The molecule has 182 valence electrons. The minimum Gasteiger partial charge on any atom is -0.378 e. The number of amides is 1. The van der Waals surface area contributed by atoms with Crippen LogP contribution in [0, 0.1) is 0 Å². The summed E-state index contributed by atoms with van der Waals surface area (Å²) in [5.41, 5.74) is 2.66. The molecule has 0 bridgehead atoms. The number of hydrogen-bond donors (Lipinski definition) is 2. The molecule has 4 aromatic rings. The zero-order valence-corrected chi connectivity index (χ0v) is 20.4. The number of nitrogens with zero attached hydrogens (tertiary/aromatic N) is 5. The van der Waals surface area contributed by atoms with E-state index >= 15 is 0 Å². The Morgan fingerprint density at radius 1 is 1.11 bits per heavy atom. The molecule has 9 nitrogen and oxygen atoms in total. The Bertz CT molecular complexity index is 1340. The first-order chi connectivity index (χ1) is 17.3. The molecule has 3 aromatic heterocycles. The second-order valence-electron chi connectivity index (χ2n) is 9.09.